The summed E-state index contributed by atoms with van der Waals surface area (Å²) in [5.41, 5.74) is 7.21. The van der Waals surface area contributed by atoms with Crippen LogP contribution >= 0.6 is 11.3 Å². The van der Waals surface area contributed by atoms with E-state index in [1.165, 1.54) is 4.70 Å². The van der Waals surface area contributed by atoms with Gasteiger partial charge in [0, 0.05) is 6.42 Å². The van der Waals surface area contributed by atoms with Crippen LogP contribution in [0.3, 0.4) is 0 Å². The van der Waals surface area contributed by atoms with Gasteiger partial charge in [-0.1, -0.05) is 12.1 Å². The average Bonchev–Trinajstić information content (AvgIpc) is 2.95. The zero-order valence-corrected chi connectivity index (χ0v) is 10.9. The molecule has 2 N–H and O–H groups in total. The van der Waals surface area contributed by atoms with E-state index in [2.05, 4.69) is 11.1 Å². The van der Waals surface area contributed by atoms with Gasteiger partial charge in [0.15, 0.2) is 0 Å². The maximum atomic E-state index is 6.19. The molecule has 1 aromatic carbocycles. The highest BCUT2D eigenvalue weighted by molar-refractivity contribution is 7.18. The molecule has 92 valence electrons. The van der Waals surface area contributed by atoms with Crippen molar-refractivity contribution in [3.63, 3.8) is 0 Å². The van der Waals surface area contributed by atoms with Crippen molar-refractivity contribution in [1.82, 2.24) is 4.98 Å². The maximum Gasteiger partial charge on any atom is 0.111 e. The maximum absolute atomic E-state index is 6.19. The summed E-state index contributed by atoms with van der Waals surface area (Å²) in [5, 5.41) is 0.963. The SMILES string of the molecule is Cc1ccc(CC(N)c2nc3ccccc3s2)o1. The summed E-state index contributed by atoms with van der Waals surface area (Å²) in [7, 11) is 0. The molecule has 3 aromatic rings. The first kappa shape index (κ1) is 11.4. The molecule has 0 aliphatic rings. The Morgan fingerprint density at radius 1 is 1.28 bits per heavy atom. The van der Waals surface area contributed by atoms with Crippen molar-refractivity contribution in [3.8, 4) is 0 Å². The third-order valence-corrected chi connectivity index (χ3v) is 4.01. The van der Waals surface area contributed by atoms with Crippen LogP contribution in [-0.4, -0.2) is 4.98 Å². The van der Waals surface area contributed by atoms with E-state index in [0.717, 1.165) is 22.0 Å². The highest BCUT2D eigenvalue weighted by Crippen LogP contribution is 2.27. The fourth-order valence-electron chi connectivity index (χ4n) is 1.95. The van der Waals surface area contributed by atoms with Crippen molar-refractivity contribution in [1.29, 1.82) is 0 Å². The van der Waals surface area contributed by atoms with Crippen LogP contribution in [0.2, 0.25) is 0 Å². The second-order valence-electron chi connectivity index (χ2n) is 4.34. The molecule has 0 amide bonds. The number of hydrogen-bond donors (Lipinski definition) is 1. The Bertz CT molecular complexity index is 638. The largest absolute Gasteiger partial charge is 0.466 e. The standard InChI is InChI=1S/C14H14N2OS/c1-9-6-7-10(17-9)8-11(15)14-16-12-4-2-3-5-13(12)18-14/h2-7,11H,8,15H2,1H3. The minimum absolute atomic E-state index is 0.104. The normalized spacial score (nSPS) is 13.0. The topological polar surface area (TPSA) is 52.0 Å². The Hall–Kier alpha value is -1.65. The van der Waals surface area contributed by atoms with Crippen molar-refractivity contribution < 1.29 is 4.42 Å². The first-order valence-electron chi connectivity index (χ1n) is 5.89. The van der Waals surface area contributed by atoms with Crippen LogP contribution in [-0.2, 0) is 6.42 Å². The molecule has 0 aliphatic heterocycles. The van der Waals surface area contributed by atoms with Gasteiger partial charge in [0.1, 0.15) is 16.5 Å². The number of furan rings is 1. The van der Waals surface area contributed by atoms with Crippen LogP contribution in [0, 0.1) is 6.92 Å². The van der Waals surface area contributed by atoms with Gasteiger partial charge in [-0.05, 0) is 31.2 Å². The van der Waals surface area contributed by atoms with Crippen LogP contribution < -0.4 is 5.73 Å². The van der Waals surface area contributed by atoms with Crippen LogP contribution in [0.25, 0.3) is 10.2 Å². The van der Waals surface area contributed by atoms with Gasteiger partial charge in [0.2, 0.25) is 0 Å². The van der Waals surface area contributed by atoms with Crippen LogP contribution in [0.15, 0.2) is 40.8 Å². The Kier molecular flexibility index (Phi) is 2.89. The molecule has 0 spiro atoms. The number of aryl methyl sites for hydroxylation is 1. The summed E-state index contributed by atoms with van der Waals surface area (Å²) in [6, 6.07) is 11.9. The quantitative estimate of drug-likeness (QED) is 0.783. The molecule has 18 heavy (non-hydrogen) atoms. The van der Waals surface area contributed by atoms with Gasteiger partial charge >= 0.3 is 0 Å². The molecule has 2 heterocycles. The summed E-state index contributed by atoms with van der Waals surface area (Å²) < 4.78 is 6.73. The molecule has 1 atom stereocenters. The van der Waals surface area contributed by atoms with E-state index in [1.807, 2.05) is 37.3 Å². The Balaban J connectivity index is 1.85. The second kappa shape index (κ2) is 4.55. The third kappa shape index (κ3) is 2.17. The average molecular weight is 258 g/mol. The van der Waals surface area contributed by atoms with E-state index in [4.69, 9.17) is 10.2 Å². The number of hydrogen-bond acceptors (Lipinski definition) is 4. The second-order valence-corrected chi connectivity index (χ2v) is 5.41. The minimum atomic E-state index is -0.104. The highest BCUT2D eigenvalue weighted by Gasteiger charge is 2.14. The number of rotatable bonds is 3. The fraction of sp³-hybridized carbons (Fsp3) is 0.214. The lowest BCUT2D eigenvalue weighted by molar-refractivity contribution is 0.466. The molecule has 0 saturated heterocycles. The van der Waals surface area contributed by atoms with Crippen LogP contribution in [0.5, 0.6) is 0 Å². The molecular weight excluding hydrogens is 244 g/mol. The van der Waals surface area contributed by atoms with Gasteiger partial charge in [-0.25, -0.2) is 4.98 Å². The number of fused-ring (bicyclic) bond motifs is 1. The molecule has 0 fully saturated rings. The molecule has 0 bridgehead atoms. The molecular formula is C14H14N2OS. The first-order valence-corrected chi connectivity index (χ1v) is 6.70. The van der Waals surface area contributed by atoms with Crippen molar-refractivity contribution in [2.45, 2.75) is 19.4 Å². The van der Waals surface area contributed by atoms with Crippen LogP contribution in [0.4, 0.5) is 0 Å². The third-order valence-electron chi connectivity index (χ3n) is 2.84. The summed E-state index contributed by atoms with van der Waals surface area (Å²) in [4.78, 5) is 4.57. The van der Waals surface area contributed by atoms with Crippen LogP contribution in [0.1, 0.15) is 22.6 Å². The number of para-hydroxylation sites is 1. The number of aromatic nitrogens is 1. The van der Waals surface area contributed by atoms with Gasteiger partial charge in [0.05, 0.1) is 16.3 Å². The van der Waals surface area contributed by atoms with Gasteiger partial charge in [-0.2, -0.15) is 0 Å². The Morgan fingerprint density at radius 2 is 2.11 bits per heavy atom. The van der Waals surface area contributed by atoms with E-state index >= 15 is 0 Å². The van der Waals surface area contributed by atoms with Gasteiger partial charge in [0.25, 0.3) is 0 Å². The predicted molar refractivity (Wildman–Crippen MR) is 73.7 cm³/mol. The zero-order chi connectivity index (χ0) is 12.5. The van der Waals surface area contributed by atoms with E-state index in [1.54, 1.807) is 11.3 Å². The molecule has 0 radical (unpaired) electrons. The fourth-order valence-corrected chi connectivity index (χ4v) is 2.92. The molecule has 3 nitrogen and oxygen atoms in total. The zero-order valence-electron chi connectivity index (χ0n) is 10.1. The van der Waals surface area contributed by atoms with Gasteiger partial charge < -0.3 is 10.2 Å². The number of nitrogens with zero attached hydrogens (tertiary/aromatic N) is 1. The van der Waals surface area contributed by atoms with Crippen molar-refractivity contribution >= 4 is 21.6 Å². The predicted octanol–water partition coefficient (Wildman–Crippen LogP) is 3.44. The van der Waals surface area contributed by atoms with Gasteiger partial charge in [-0.3, -0.25) is 0 Å². The Labute approximate surface area is 109 Å². The molecule has 2 aromatic heterocycles. The minimum Gasteiger partial charge on any atom is -0.466 e. The molecule has 3 rings (SSSR count). The lowest BCUT2D eigenvalue weighted by Gasteiger charge is -2.05. The molecule has 0 aliphatic carbocycles. The van der Waals surface area contributed by atoms with Crippen molar-refractivity contribution in [3.05, 3.63) is 52.9 Å². The molecule has 0 saturated carbocycles. The van der Waals surface area contributed by atoms with Gasteiger partial charge in [-0.15, -0.1) is 11.3 Å². The number of nitrogens with two attached hydrogens (primary N) is 1. The lowest BCUT2D eigenvalue weighted by atomic mass is 10.2. The van der Waals surface area contributed by atoms with E-state index in [0.29, 0.717) is 6.42 Å². The monoisotopic (exact) mass is 258 g/mol. The lowest BCUT2D eigenvalue weighted by Crippen LogP contribution is -2.12. The summed E-state index contributed by atoms with van der Waals surface area (Å²) >= 11 is 1.65. The van der Waals surface area contributed by atoms with E-state index < -0.39 is 0 Å². The summed E-state index contributed by atoms with van der Waals surface area (Å²) in [5.74, 6) is 1.83. The van der Waals surface area contributed by atoms with E-state index in [9.17, 15) is 0 Å². The van der Waals surface area contributed by atoms with Crippen molar-refractivity contribution in [2.24, 2.45) is 5.73 Å². The number of thiazole rings is 1. The smallest absolute Gasteiger partial charge is 0.111 e. The summed E-state index contributed by atoms with van der Waals surface area (Å²) in [6.07, 6.45) is 0.688. The van der Waals surface area contributed by atoms with Crippen molar-refractivity contribution in [2.75, 3.05) is 0 Å². The molecule has 4 heteroatoms. The number of benzene rings is 1. The summed E-state index contributed by atoms with van der Waals surface area (Å²) in [6.45, 7) is 1.94. The molecule has 1 unspecified atom stereocenters. The Morgan fingerprint density at radius 3 is 2.83 bits per heavy atom. The highest BCUT2D eigenvalue weighted by atomic mass is 32.1. The van der Waals surface area contributed by atoms with E-state index in [-0.39, 0.29) is 6.04 Å². The first-order chi connectivity index (χ1) is 8.72.